The summed E-state index contributed by atoms with van der Waals surface area (Å²) in [6.45, 7) is 4.39. The Bertz CT molecular complexity index is 484. The van der Waals surface area contributed by atoms with Crippen molar-refractivity contribution in [2.45, 2.75) is 45.6 Å². The van der Waals surface area contributed by atoms with E-state index in [0.29, 0.717) is 12.0 Å². The maximum atomic E-state index is 6.14. The van der Waals surface area contributed by atoms with Gasteiger partial charge < -0.3 is 4.74 Å². The van der Waals surface area contributed by atoms with Crippen molar-refractivity contribution in [3.8, 4) is 17.6 Å². The second-order valence-electron chi connectivity index (χ2n) is 5.43. The van der Waals surface area contributed by atoms with Gasteiger partial charge in [-0.1, -0.05) is 25.2 Å². The molecule has 1 aromatic rings. The first kappa shape index (κ1) is 14.3. The third-order valence-electron chi connectivity index (χ3n) is 3.66. The van der Waals surface area contributed by atoms with Crippen molar-refractivity contribution in [3.63, 3.8) is 0 Å². The maximum absolute atomic E-state index is 6.14. The SMILES string of the molecule is Cc1cc(C#CCCl)ccc1OC1CCCC(C)C1. The Labute approximate surface area is 121 Å². The highest BCUT2D eigenvalue weighted by Crippen LogP contribution is 2.29. The molecule has 2 rings (SSSR count). The zero-order valence-electron chi connectivity index (χ0n) is 11.7. The Kier molecular flexibility index (Phi) is 5.16. The standard InChI is InChI=1S/C17H21ClO/c1-13-5-3-7-16(11-13)19-17-9-8-15(6-4-10-18)12-14(17)2/h8-9,12-13,16H,3,5,7,10-11H2,1-2H3. The Morgan fingerprint density at radius 1 is 1.37 bits per heavy atom. The molecule has 0 radical (unpaired) electrons. The van der Waals surface area contributed by atoms with Crippen LogP contribution in [0.3, 0.4) is 0 Å². The minimum atomic E-state index is 0.372. The van der Waals surface area contributed by atoms with Crippen molar-refractivity contribution in [2.75, 3.05) is 5.88 Å². The second kappa shape index (κ2) is 6.87. The number of halogens is 1. The van der Waals surface area contributed by atoms with Gasteiger partial charge in [0, 0.05) is 5.56 Å². The van der Waals surface area contributed by atoms with Crippen LogP contribution in [0.5, 0.6) is 5.75 Å². The molecule has 0 N–H and O–H groups in total. The predicted octanol–water partition coefficient (Wildman–Crippen LogP) is 4.54. The van der Waals surface area contributed by atoms with Crippen molar-refractivity contribution in [1.29, 1.82) is 0 Å². The van der Waals surface area contributed by atoms with Gasteiger partial charge in [-0.2, -0.15) is 0 Å². The van der Waals surface area contributed by atoms with Gasteiger partial charge in [0.1, 0.15) is 5.75 Å². The first-order valence-electron chi connectivity index (χ1n) is 7.01. The zero-order chi connectivity index (χ0) is 13.7. The topological polar surface area (TPSA) is 9.23 Å². The largest absolute Gasteiger partial charge is 0.490 e. The molecule has 0 bridgehead atoms. The second-order valence-corrected chi connectivity index (χ2v) is 5.69. The number of hydrogen-bond acceptors (Lipinski definition) is 1. The van der Waals surface area contributed by atoms with Crippen LogP contribution in [0.1, 0.15) is 43.7 Å². The van der Waals surface area contributed by atoms with Gasteiger partial charge in [0.05, 0.1) is 12.0 Å². The Morgan fingerprint density at radius 2 is 2.21 bits per heavy atom. The van der Waals surface area contributed by atoms with Crippen LogP contribution < -0.4 is 4.74 Å². The van der Waals surface area contributed by atoms with Crippen molar-refractivity contribution in [3.05, 3.63) is 29.3 Å². The zero-order valence-corrected chi connectivity index (χ0v) is 12.5. The van der Waals surface area contributed by atoms with Gasteiger partial charge in [-0.25, -0.2) is 0 Å². The molecule has 1 aromatic carbocycles. The first-order valence-corrected chi connectivity index (χ1v) is 7.54. The molecular weight excluding hydrogens is 256 g/mol. The van der Waals surface area contributed by atoms with Crippen LogP contribution in [0.15, 0.2) is 18.2 Å². The average Bonchev–Trinajstić information content (AvgIpc) is 2.39. The molecule has 0 aliphatic heterocycles. The van der Waals surface area contributed by atoms with Crippen LogP contribution in [-0.2, 0) is 0 Å². The van der Waals surface area contributed by atoms with Crippen LogP contribution in [0.4, 0.5) is 0 Å². The smallest absolute Gasteiger partial charge is 0.122 e. The maximum Gasteiger partial charge on any atom is 0.122 e. The first-order chi connectivity index (χ1) is 9.19. The molecule has 0 aromatic heterocycles. The van der Waals surface area contributed by atoms with Crippen LogP contribution in [0, 0.1) is 24.7 Å². The van der Waals surface area contributed by atoms with Crippen LogP contribution >= 0.6 is 11.6 Å². The van der Waals surface area contributed by atoms with Crippen molar-refractivity contribution < 1.29 is 4.74 Å². The van der Waals surface area contributed by atoms with Crippen LogP contribution in [-0.4, -0.2) is 12.0 Å². The van der Waals surface area contributed by atoms with Crippen molar-refractivity contribution in [2.24, 2.45) is 5.92 Å². The van der Waals surface area contributed by atoms with Gasteiger partial charge in [0.2, 0.25) is 0 Å². The fourth-order valence-corrected chi connectivity index (χ4v) is 2.73. The summed E-state index contributed by atoms with van der Waals surface area (Å²) in [4.78, 5) is 0. The fraction of sp³-hybridized carbons (Fsp3) is 0.529. The normalized spacial score (nSPS) is 22.5. The molecule has 1 saturated carbocycles. The highest BCUT2D eigenvalue weighted by atomic mass is 35.5. The summed E-state index contributed by atoms with van der Waals surface area (Å²) in [5.41, 5.74) is 2.15. The summed E-state index contributed by atoms with van der Waals surface area (Å²) < 4.78 is 6.14. The summed E-state index contributed by atoms with van der Waals surface area (Å²) in [6.07, 6.45) is 5.35. The van der Waals surface area contributed by atoms with E-state index < -0.39 is 0 Å². The molecule has 1 aliphatic rings. The molecule has 0 spiro atoms. The van der Waals surface area contributed by atoms with E-state index in [4.69, 9.17) is 16.3 Å². The summed E-state index contributed by atoms with van der Waals surface area (Å²) in [5, 5.41) is 0. The van der Waals surface area contributed by atoms with Gasteiger partial charge in [-0.3, -0.25) is 0 Å². The molecule has 0 saturated heterocycles. The number of ether oxygens (including phenoxy) is 1. The van der Waals surface area contributed by atoms with E-state index in [1.807, 2.05) is 12.1 Å². The Balaban J connectivity index is 2.04. The molecule has 0 heterocycles. The van der Waals surface area contributed by atoms with Crippen LogP contribution in [0.25, 0.3) is 0 Å². The predicted molar refractivity (Wildman–Crippen MR) is 80.8 cm³/mol. The monoisotopic (exact) mass is 276 g/mol. The van der Waals surface area contributed by atoms with E-state index in [1.54, 1.807) is 0 Å². The Morgan fingerprint density at radius 3 is 2.89 bits per heavy atom. The van der Waals surface area contributed by atoms with E-state index in [9.17, 15) is 0 Å². The van der Waals surface area contributed by atoms with E-state index in [1.165, 1.54) is 25.7 Å². The molecule has 19 heavy (non-hydrogen) atoms. The molecule has 2 atom stereocenters. The van der Waals surface area contributed by atoms with E-state index in [2.05, 4.69) is 31.8 Å². The quantitative estimate of drug-likeness (QED) is 0.569. The number of aryl methyl sites for hydroxylation is 1. The molecular formula is C17H21ClO. The molecule has 2 unspecified atom stereocenters. The highest BCUT2D eigenvalue weighted by molar-refractivity contribution is 6.19. The lowest BCUT2D eigenvalue weighted by Crippen LogP contribution is -2.24. The molecule has 2 heteroatoms. The summed E-state index contributed by atoms with van der Waals surface area (Å²) >= 11 is 5.57. The molecule has 1 aliphatic carbocycles. The molecule has 1 fully saturated rings. The summed E-state index contributed by atoms with van der Waals surface area (Å²) in [7, 11) is 0. The summed E-state index contributed by atoms with van der Waals surface area (Å²) in [6, 6.07) is 6.11. The lowest BCUT2D eigenvalue weighted by atomic mass is 9.88. The fourth-order valence-electron chi connectivity index (χ4n) is 2.66. The highest BCUT2D eigenvalue weighted by Gasteiger charge is 2.20. The van der Waals surface area contributed by atoms with E-state index >= 15 is 0 Å². The van der Waals surface area contributed by atoms with E-state index in [0.717, 1.165) is 22.8 Å². The van der Waals surface area contributed by atoms with Gasteiger partial charge in [0.15, 0.2) is 0 Å². The van der Waals surface area contributed by atoms with Gasteiger partial charge in [-0.15, -0.1) is 11.6 Å². The number of alkyl halides is 1. The average molecular weight is 277 g/mol. The lowest BCUT2D eigenvalue weighted by Gasteiger charge is -2.28. The Hall–Kier alpha value is -1.13. The minimum Gasteiger partial charge on any atom is -0.490 e. The minimum absolute atomic E-state index is 0.372. The van der Waals surface area contributed by atoms with Gasteiger partial charge in [-0.05, 0) is 55.9 Å². The lowest BCUT2D eigenvalue weighted by molar-refractivity contribution is 0.128. The van der Waals surface area contributed by atoms with Gasteiger partial charge >= 0.3 is 0 Å². The van der Waals surface area contributed by atoms with E-state index in [-0.39, 0.29) is 0 Å². The molecule has 0 amide bonds. The molecule has 102 valence electrons. The van der Waals surface area contributed by atoms with Gasteiger partial charge in [0.25, 0.3) is 0 Å². The summed E-state index contributed by atoms with van der Waals surface area (Å²) in [5.74, 6) is 8.06. The number of rotatable bonds is 2. The van der Waals surface area contributed by atoms with Crippen molar-refractivity contribution in [1.82, 2.24) is 0 Å². The third-order valence-corrected chi connectivity index (χ3v) is 3.79. The third kappa shape index (κ3) is 4.18. The van der Waals surface area contributed by atoms with Crippen LogP contribution in [0.2, 0.25) is 0 Å². The molecule has 1 nitrogen and oxygen atoms in total. The number of benzene rings is 1. The number of hydrogen-bond donors (Lipinski definition) is 0. The van der Waals surface area contributed by atoms with Crippen molar-refractivity contribution >= 4 is 11.6 Å².